The molecule has 0 atom stereocenters. The van der Waals surface area contributed by atoms with Gasteiger partial charge in [-0.2, -0.15) is 0 Å². The van der Waals surface area contributed by atoms with Crippen LogP contribution in [-0.4, -0.2) is 48.2 Å². The molecular weight excluding hydrogens is 324 g/mol. The lowest BCUT2D eigenvalue weighted by Gasteiger charge is -2.18. The van der Waals surface area contributed by atoms with Gasteiger partial charge >= 0.3 is 6.03 Å². The van der Waals surface area contributed by atoms with Crippen LogP contribution in [0.25, 0.3) is 0 Å². The first kappa shape index (κ1) is 16.8. The smallest absolute Gasteiger partial charge is 0.325 e. The SMILES string of the molecule is CCOc1ccc(N2CCN(CC(=O)Nc3cc(C)on3)C2=O)cc1. The second kappa shape index (κ2) is 7.25. The Kier molecular flexibility index (Phi) is 4.87. The third-order valence-electron chi connectivity index (χ3n) is 3.78. The second-order valence-electron chi connectivity index (χ2n) is 5.65. The van der Waals surface area contributed by atoms with Crippen molar-refractivity contribution in [1.82, 2.24) is 10.1 Å². The largest absolute Gasteiger partial charge is 0.494 e. The van der Waals surface area contributed by atoms with Gasteiger partial charge in [0.1, 0.15) is 18.1 Å². The molecule has 1 aromatic carbocycles. The van der Waals surface area contributed by atoms with Crippen molar-refractivity contribution in [3.63, 3.8) is 0 Å². The van der Waals surface area contributed by atoms with E-state index in [9.17, 15) is 9.59 Å². The van der Waals surface area contributed by atoms with Gasteiger partial charge in [0.05, 0.1) is 6.61 Å². The van der Waals surface area contributed by atoms with Crippen molar-refractivity contribution in [3.05, 3.63) is 36.1 Å². The predicted octanol–water partition coefficient (Wildman–Crippen LogP) is 2.26. The fourth-order valence-electron chi connectivity index (χ4n) is 2.64. The Morgan fingerprint density at radius 2 is 2.08 bits per heavy atom. The molecule has 8 nitrogen and oxygen atoms in total. The van der Waals surface area contributed by atoms with Gasteiger partial charge in [0, 0.05) is 24.8 Å². The van der Waals surface area contributed by atoms with Crippen LogP contribution in [0, 0.1) is 6.92 Å². The van der Waals surface area contributed by atoms with E-state index in [4.69, 9.17) is 9.26 Å². The zero-order chi connectivity index (χ0) is 17.8. The van der Waals surface area contributed by atoms with Gasteiger partial charge in [-0.3, -0.25) is 9.69 Å². The molecule has 132 valence electrons. The summed E-state index contributed by atoms with van der Waals surface area (Å²) in [7, 11) is 0. The molecule has 0 bridgehead atoms. The quantitative estimate of drug-likeness (QED) is 0.868. The molecule has 1 aliphatic heterocycles. The highest BCUT2D eigenvalue weighted by atomic mass is 16.5. The first-order valence-electron chi connectivity index (χ1n) is 8.09. The van der Waals surface area contributed by atoms with Crippen LogP contribution in [0.2, 0.25) is 0 Å². The van der Waals surface area contributed by atoms with Crippen molar-refractivity contribution in [2.75, 3.05) is 36.5 Å². The molecule has 25 heavy (non-hydrogen) atoms. The van der Waals surface area contributed by atoms with Gasteiger partial charge in [-0.15, -0.1) is 0 Å². The summed E-state index contributed by atoms with van der Waals surface area (Å²) in [5, 5.41) is 6.32. The molecule has 2 heterocycles. The van der Waals surface area contributed by atoms with E-state index < -0.39 is 0 Å². The van der Waals surface area contributed by atoms with E-state index in [1.165, 1.54) is 4.90 Å². The van der Waals surface area contributed by atoms with E-state index in [1.54, 1.807) is 17.9 Å². The Morgan fingerprint density at radius 1 is 1.32 bits per heavy atom. The predicted molar refractivity (Wildman–Crippen MR) is 91.8 cm³/mol. The van der Waals surface area contributed by atoms with Gasteiger partial charge in [0.25, 0.3) is 0 Å². The van der Waals surface area contributed by atoms with Crippen LogP contribution in [0.5, 0.6) is 5.75 Å². The number of amides is 3. The average molecular weight is 344 g/mol. The number of ether oxygens (including phenoxy) is 1. The van der Waals surface area contributed by atoms with Crippen LogP contribution < -0.4 is 15.0 Å². The number of hydrogen-bond acceptors (Lipinski definition) is 5. The summed E-state index contributed by atoms with van der Waals surface area (Å²) in [6.45, 7) is 5.23. The molecule has 0 saturated carbocycles. The molecule has 0 aliphatic carbocycles. The first-order chi connectivity index (χ1) is 12.1. The minimum atomic E-state index is -0.310. The van der Waals surface area contributed by atoms with Gasteiger partial charge in [-0.05, 0) is 38.1 Å². The lowest BCUT2D eigenvalue weighted by Crippen LogP contribution is -2.37. The normalized spacial score (nSPS) is 14.1. The number of nitrogens with zero attached hydrogens (tertiary/aromatic N) is 3. The van der Waals surface area contributed by atoms with Crippen LogP contribution in [0.3, 0.4) is 0 Å². The lowest BCUT2D eigenvalue weighted by atomic mass is 10.3. The molecule has 1 N–H and O–H groups in total. The molecule has 1 fully saturated rings. The number of carbonyl (C=O) groups excluding carboxylic acids is 2. The van der Waals surface area contributed by atoms with Crippen molar-refractivity contribution in [1.29, 1.82) is 0 Å². The third-order valence-corrected chi connectivity index (χ3v) is 3.78. The molecule has 2 aromatic rings. The zero-order valence-electron chi connectivity index (χ0n) is 14.2. The van der Waals surface area contributed by atoms with Crippen LogP contribution in [0.15, 0.2) is 34.9 Å². The molecule has 8 heteroatoms. The Balaban J connectivity index is 1.58. The Hall–Kier alpha value is -3.03. The van der Waals surface area contributed by atoms with Gasteiger partial charge in [0.2, 0.25) is 5.91 Å². The van der Waals surface area contributed by atoms with Gasteiger partial charge in [-0.25, -0.2) is 4.79 Å². The maximum Gasteiger partial charge on any atom is 0.325 e. The van der Waals surface area contributed by atoms with Crippen LogP contribution >= 0.6 is 0 Å². The summed E-state index contributed by atoms with van der Waals surface area (Å²) in [6.07, 6.45) is 0. The van der Waals surface area contributed by atoms with E-state index >= 15 is 0 Å². The van der Waals surface area contributed by atoms with Crippen LogP contribution in [0.1, 0.15) is 12.7 Å². The summed E-state index contributed by atoms with van der Waals surface area (Å²) >= 11 is 0. The monoisotopic (exact) mass is 344 g/mol. The highest BCUT2D eigenvalue weighted by Gasteiger charge is 2.30. The first-order valence-corrected chi connectivity index (χ1v) is 8.09. The number of carbonyl (C=O) groups is 2. The Morgan fingerprint density at radius 3 is 2.72 bits per heavy atom. The number of rotatable bonds is 6. The fourth-order valence-corrected chi connectivity index (χ4v) is 2.64. The molecule has 1 aromatic heterocycles. The van der Waals surface area contributed by atoms with Crippen molar-refractivity contribution < 1.29 is 18.8 Å². The number of hydrogen-bond donors (Lipinski definition) is 1. The van der Waals surface area contributed by atoms with Crippen LogP contribution in [-0.2, 0) is 4.79 Å². The minimum Gasteiger partial charge on any atom is -0.494 e. The molecule has 1 aliphatic rings. The maximum atomic E-state index is 12.5. The second-order valence-corrected chi connectivity index (χ2v) is 5.65. The highest BCUT2D eigenvalue weighted by Crippen LogP contribution is 2.23. The molecule has 3 amide bonds. The van der Waals surface area contributed by atoms with Crippen molar-refractivity contribution in [2.24, 2.45) is 0 Å². The minimum absolute atomic E-state index is 0.0295. The number of urea groups is 1. The average Bonchev–Trinajstić information content (AvgIpc) is 3.15. The van der Waals surface area contributed by atoms with Gasteiger partial charge in [0.15, 0.2) is 5.82 Å². The van der Waals surface area contributed by atoms with E-state index in [0.29, 0.717) is 31.3 Å². The molecule has 3 rings (SSSR count). The summed E-state index contributed by atoms with van der Waals surface area (Å²) in [4.78, 5) is 27.7. The summed E-state index contributed by atoms with van der Waals surface area (Å²) in [5.41, 5.74) is 0.781. The van der Waals surface area contributed by atoms with E-state index in [2.05, 4.69) is 10.5 Å². The molecular formula is C17H20N4O4. The van der Waals surface area contributed by atoms with Gasteiger partial charge in [-0.1, -0.05) is 5.16 Å². The molecule has 0 radical (unpaired) electrons. The molecule has 0 spiro atoms. The van der Waals surface area contributed by atoms with E-state index in [-0.39, 0.29) is 18.5 Å². The topological polar surface area (TPSA) is 87.9 Å². The summed E-state index contributed by atoms with van der Waals surface area (Å²) in [6, 6.07) is 8.75. The molecule has 1 saturated heterocycles. The summed E-state index contributed by atoms with van der Waals surface area (Å²) in [5.74, 6) is 1.40. The maximum absolute atomic E-state index is 12.5. The number of nitrogens with one attached hydrogen (secondary N) is 1. The lowest BCUT2D eigenvalue weighted by molar-refractivity contribution is -0.116. The number of aromatic nitrogens is 1. The van der Waals surface area contributed by atoms with E-state index in [1.807, 2.05) is 31.2 Å². The number of benzene rings is 1. The Bertz CT molecular complexity index is 756. The fraction of sp³-hybridized carbons (Fsp3) is 0.353. The highest BCUT2D eigenvalue weighted by molar-refractivity contribution is 5.99. The van der Waals surface area contributed by atoms with Crippen molar-refractivity contribution >= 4 is 23.4 Å². The number of aryl methyl sites for hydroxylation is 1. The Labute approximate surface area is 145 Å². The number of anilines is 2. The zero-order valence-corrected chi connectivity index (χ0v) is 14.2. The summed E-state index contributed by atoms with van der Waals surface area (Å²) < 4.78 is 10.3. The van der Waals surface area contributed by atoms with Gasteiger partial charge < -0.3 is 19.5 Å². The molecule has 0 unspecified atom stereocenters. The third kappa shape index (κ3) is 3.90. The van der Waals surface area contributed by atoms with Crippen LogP contribution in [0.4, 0.5) is 16.3 Å². The van der Waals surface area contributed by atoms with Crippen molar-refractivity contribution in [3.8, 4) is 5.75 Å². The van der Waals surface area contributed by atoms with E-state index in [0.717, 1.165) is 11.4 Å². The standard InChI is InChI=1S/C17H20N4O4/c1-3-24-14-6-4-13(5-7-14)21-9-8-20(17(21)23)11-16(22)18-15-10-12(2)25-19-15/h4-7,10H,3,8-9,11H2,1-2H3,(H,18,19,22). The van der Waals surface area contributed by atoms with Crippen molar-refractivity contribution in [2.45, 2.75) is 13.8 Å².